The monoisotopic (exact) mass is 258 g/mol. The van der Waals surface area contributed by atoms with Gasteiger partial charge in [-0.3, -0.25) is 0 Å². The number of halogens is 1. The van der Waals surface area contributed by atoms with Gasteiger partial charge >= 0.3 is 0 Å². The zero-order chi connectivity index (χ0) is 13.7. The van der Waals surface area contributed by atoms with E-state index in [4.69, 9.17) is 5.73 Å². The number of benzene rings is 2. The smallest absolute Gasteiger partial charge is 0.123 e. The molecule has 19 heavy (non-hydrogen) atoms. The molecule has 2 aromatic rings. The van der Waals surface area contributed by atoms with E-state index >= 15 is 0 Å². The molecule has 2 N–H and O–H groups in total. The van der Waals surface area contributed by atoms with Crippen molar-refractivity contribution in [2.24, 2.45) is 5.73 Å². The van der Waals surface area contributed by atoms with E-state index in [9.17, 15) is 4.39 Å². The summed E-state index contributed by atoms with van der Waals surface area (Å²) in [6.45, 7) is 4.02. The topological polar surface area (TPSA) is 29.3 Å². The van der Waals surface area contributed by atoms with Crippen molar-refractivity contribution in [3.8, 4) is 0 Å². The Morgan fingerprint density at radius 2 is 1.74 bits per heavy atom. The summed E-state index contributed by atoms with van der Waals surface area (Å²) in [5.41, 5.74) is 8.51. The summed E-state index contributed by atoms with van der Waals surface area (Å²) in [5.74, 6) is -0.220. The SMILES string of the molecule is CCN(Cc1cc(F)cc(CN)c1)c1ccccc1. The van der Waals surface area contributed by atoms with Crippen molar-refractivity contribution < 1.29 is 4.39 Å². The number of rotatable bonds is 5. The standard InChI is InChI=1S/C16H19FN2/c1-2-19(16-6-4-3-5-7-16)12-14-8-13(11-18)9-15(17)10-14/h3-10H,2,11-12,18H2,1H3. The van der Waals surface area contributed by atoms with E-state index in [1.54, 1.807) is 6.07 Å². The predicted molar refractivity (Wildman–Crippen MR) is 77.5 cm³/mol. The summed E-state index contributed by atoms with van der Waals surface area (Å²) in [4.78, 5) is 2.20. The molecule has 0 amide bonds. The van der Waals surface area contributed by atoms with E-state index in [0.717, 1.165) is 23.4 Å². The van der Waals surface area contributed by atoms with Crippen LogP contribution in [-0.2, 0) is 13.1 Å². The third-order valence-corrected chi connectivity index (χ3v) is 3.13. The summed E-state index contributed by atoms with van der Waals surface area (Å²) in [6.07, 6.45) is 0. The van der Waals surface area contributed by atoms with Gasteiger partial charge < -0.3 is 10.6 Å². The van der Waals surface area contributed by atoms with Crippen molar-refractivity contribution in [2.45, 2.75) is 20.0 Å². The van der Waals surface area contributed by atoms with Crippen LogP contribution in [0, 0.1) is 5.82 Å². The molecule has 0 heterocycles. The molecule has 0 atom stereocenters. The van der Waals surface area contributed by atoms with Crippen molar-refractivity contribution >= 4 is 5.69 Å². The van der Waals surface area contributed by atoms with Crippen LogP contribution in [0.4, 0.5) is 10.1 Å². The molecule has 0 spiro atoms. The first-order valence-electron chi connectivity index (χ1n) is 6.51. The minimum absolute atomic E-state index is 0.220. The van der Waals surface area contributed by atoms with Crippen molar-refractivity contribution in [3.63, 3.8) is 0 Å². The average Bonchev–Trinajstić information content (AvgIpc) is 2.45. The maximum absolute atomic E-state index is 13.5. The van der Waals surface area contributed by atoms with E-state index in [1.165, 1.54) is 6.07 Å². The molecule has 0 saturated heterocycles. The average molecular weight is 258 g/mol. The lowest BCUT2D eigenvalue weighted by Gasteiger charge is -2.23. The quantitative estimate of drug-likeness (QED) is 0.891. The fourth-order valence-electron chi connectivity index (χ4n) is 2.17. The second-order valence-electron chi connectivity index (χ2n) is 4.52. The van der Waals surface area contributed by atoms with Gasteiger partial charge in [-0.25, -0.2) is 4.39 Å². The highest BCUT2D eigenvalue weighted by molar-refractivity contribution is 5.46. The van der Waals surface area contributed by atoms with Crippen LogP contribution < -0.4 is 10.6 Å². The minimum Gasteiger partial charge on any atom is -0.367 e. The Kier molecular flexibility index (Phi) is 4.53. The molecule has 3 heteroatoms. The Bertz CT molecular complexity index is 526. The first-order chi connectivity index (χ1) is 9.22. The van der Waals surface area contributed by atoms with Gasteiger partial charge in [-0.05, 0) is 42.3 Å². The fourth-order valence-corrected chi connectivity index (χ4v) is 2.17. The molecule has 2 nitrogen and oxygen atoms in total. The first kappa shape index (κ1) is 13.6. The molecule has 0 aliphatic heterocycles. The maximum atomic E-state index is 13.5. The number of hydrogen-bond acceptors (Lipinski definition) is 2. The first-order valence-corrected chi connectivity index (χ1v) is 6.51. The summed E-state index contributed by atoms with van der Waals surface area (Å²) in [7, 11) is 0. The second-order valence-corrected chi connectivity index (χ2v) is 4.52. The van der Waals surface area contributed by atoms with Gasteiger partial charge in [-0.1, -0.05) is 24.3 Å². The molecule has 2 aromatic carbocycles. The molecule has 0 saturated carbocycles. The Labute approximate surface area is 113 Å². The molecular formula is C16H19FN2. The van der Waals surface area contributed by atoms with Crippen LogP contribution in [0.1, 0.15) is 18.1 Å². The van der Waals surface area contributed by atoms with Gasteiger partial charge in [-0.2, -0.15) is 0 Å². The van der Waals surface area contributed by atoms with Gasteiger partial charge in [-0.15, -0.1) is 0 Å². The molecule has 0 fully saturated rings. The molecule has 2 rings (SSSR count). The minimum atomic E-state index is -0.220. The van der Waals surface area contributed by atoms with Crippen molar-refractivity contribution in [1.82, 2.24) is 0 Å². The summed E-state index contributed by atoms with van der Waals surface area (Å²) >= 11 is 0. The number of para-hydroxylation sites is 1. The Hall–Kier alpha value is -1.87. The van der Waals surface area contributed by atoms with Crippen LogP contribution in [0.3, 0.4) is 0 Å². The zero-order valence-corrected chi connectivity index (χ0v) is 11.1. The van der Waals surface area contributed by atoms with Crippen molar-refractivity contribution in [3.05, 3.63) is 65.5 Å². The Morgan fingerprint density at radius 3 is 2.37 bits per heavy atom. The van der Waals surface area contributed by atoms with Gasteiger partial charge in [0.1, 0.15) is 5.82 Å². The largest absolute Gasteiger partial charge is 0.367 e. The highest BCUT2D eigenvalue weighted by atomic mass is 19.1. The van der Waals surface area contributed by atoms with Crippen LogP contribution >= 0.6 is 0 Å². The third kappa shape index (κ3) is 3.55. The lowest BCUT2D eigenvalue weighted by molar-refractivity contribution is 0.622. The highest BCUT2D eigenvalue weighted by Gasteiger charge is 2.06. The summed E-state index contributed by atoms with van der Waals surface area (Å²) < 4.78 is 13.5. The van der Waals surface area contributed by atoms with E-state index in [2.05, 4.69) is 24.0 Å². The highest BCUT2D eigenvalue weighted by Crippen LogP contribution is 2.18. The molecule has 0 aliphatic rings. The predicted octanol–water partition coefficient (Wildman–Crippen LogP) is 3.31. The van der Waals surface area contributed by atoms with Crippen LogP contribution in [0.5, 0.6) is 0 Å². The van der Waals surface area contributed by atoms with Crippen LogP contribution in [0.2, 0.25) is 0 Å². The molecular weight excluding hydrogens is 239 g/mol. The van der Waals surface area contributed by atoms with Crippen molar-refractivity contribution in [1.29, 1.82) is 0 Å². The van der Waals surface area contributed by atoms with Crippen LogP contribution in [0.25, 0.3) is 0 Å². The molecule has 0 bridgehead atoms. The van der Waals surface area contributed by atoms with Crippen LogP contribution in [0.15, 0.2) is 48.5 Å². The van der Waals surface area contributed by atoms with E-state index in [0.29, 0.717) is 13.1 Å². The summed E-state index contributed by atoms with van der Waals surface area (Å²) in [5, 5.41) is 0. The Balaban J connectivity index is 2.21. The van der Waals surface area contributed by atoms with Gasteiger partial charge in [0, 0.05) is 25.3 Å². The van der Waals surface area contributed by atoms with Crippen molar-refractivity contribution in [2.75, 3.05) is 11.4 Å². The number of hydrogen-bond donors (Lipinski definition) is 1. The number of anilines is 1. The second kappa shape index (κ2) is 6.34. The molecule has 0 aromatic heterocycles. The fraction of sp³-hybridized carbons (Fsp3) is 0.250. The van der Waals surface area contributed by atoms with E-state index in [-0.39, 0.29) is 5.82 Å². The maximum Gasteiger partial charge on any atom is 0.123 e. The molecule has 0 unspecified atom stereocenters. The number of nitrogens with zero attached hydrogens (tertiary/aromatic N) is 1. The molecule has 100 valence electrons. The van der Waals surface area contributed by atoms with Crippen LogP contribution in [-0.4, -0.2) is 6.54 Å². The summed E-state index contributed by atoms with van der Waals surface area (Å²) in [6, 6.07) is 15.2. The van der Waals surface area contributed by atoms with Gasteiger partial charge in [0.25, 0.3) is 0 Å². The zero-order valence-electron chi connectivity index (χ0n) is 11.1. The third-order valence-electron chi connectivity index (χ3n) is 3.13. The molecule has 0 aliphatic carbocycles. The van der Waals surface area contributed by atoms with Gasteiger partial charge in [0.15, 0.2) is 0 Å². The Morgan fingerprint density at radius 1 is 1.05 bits per heavy atom. The van der Waals surface area contributed by atoms with E-state index < -0.39 is 0 Å². The molecule has 0 radical (unpaired) electrons. The van der Waals surface area contributed by atoms with E-state index in [1.807, 2.05) is 24.3 Å². The van der Waals surface area contributed by atoms with Gasteiger partial charge in [0.05, 0.1) is 0 Å². The number of nitrogens with two attached hydrogens (primary N) is 1. The van der Waals surface area contributed by atoms with Gasteiger partial charge in [0.2, 0.25) is 0 Å². The lowest BCUT2D eigenvalue weighted by atomic mass is 10.1. The lowest BCUT2D eigenvalue weighted by Crippen LogP contribution is -2.22. The normalized spacial score (nSPS) is 10.5.